The molecular formula is C14H26N4O3. The lowest BCUT2D eigenvalue weighted by Crippen LogP contribution is -2.52. The van der Waals surface area contributed by atoms with Gasteiger partial charge in [0.15, 0.2) is 0 Å². The highest BCUT2D eigenvalue weighted by atomic mass is 16.2. The molecule has 0 spiro atoms. The summed E-state index contributed by atoms with van der Waals surface area (Å²) in [5.41, 5.74) is 0. The van der Waals surface area contributed by atoms with Crippen LogP contribution in [0.15, 0.2) is 0 Å². The highest BCUT2D eigenvalue weighted by Crippen LogP contribution is 2.03. The molecule has 0 aromatic rings. The van der Waals surface area contributed by atoms with Crippen molar-refractivity contribution in [3.8, 4) is 0 Å². The standard InChI is InChI=1S/C14H26N4O3/c1-4-15-13(20)10-16(5-2)11-14(21)18-8-6-17(7-9-18)12(3)19/h4-11H2,1-3H3,(H,15,20). The van der Waals surface area contributed by atoms with Crippen LogP contribution in [0.3, 0.4) is 0 Å². The van der Waals surface area contributed by atoms with E-state index >= 15 is 0 Å². The zero-order valence-corrected chi connectivity index (χ0v) is 13.2. The van der Waals surface area contributed by atoms with Gasteiger partial charge in [-0.1, -0.05) is 6.92 Å². The van der Waals surface area contributed by atoms with Crippen LogP contribution in [0, 0.1) is 0 Å². The summed E-state index contributed by atoms with van der Waals surface area (Å²) in [7, 11) is 0. The molecule has 120 valence electrons. The smallest absolute Gasteiger partial charge is 0.236 e. The summed E-state index contributed by atoms with van der Waals surface area (Å²) in [6.45, 7) is 9.38. The molecule has 1 fully saturated rings. The van der Waals surface area contributed by atoms with Crippen LogP contribution >= 0.6 is 0 Å². The van der Waals surface area contributed by atoms with Gasteiger partial charge in [-0.25, -0.2) is 0 Å². The van der Waals surface area contributed by atoms with Crippen molar-refractivity contribution in [3.63, 3.8) is 0 Å². The molecule has 1 saturated heterocycles. The second-order valence-corrected chi connectivity index (χ2v) is 5.14. The Balaban J connectivity index is 2.41. The molecule has 1 N–H and O–H groups in total. The van der Waals surface area contributed by atoms with Crippen LogP contribution in [-0.2, 0) is 14.4 Å². The number of likely N-dealkylation sites (N-methyl/N-ethyl adjacent to an activating group) is 2. The highest BCUT2D eigenvalue weighted by Gasteiger charge is 2.23. The molecule has 0 aromatic carbocycles. The third-order valence-corrected chi connectivity index (χ3v) is 3.62. The van der Waals surface area contributed by atoms with Crippen LogP contribution in [0.25, 0.3) is 0 Å². The molecule has 21 heavy (non-hydrogen) atoms. The second kappa shape index (κ2) is 8.61. The fourth-order valence-electron chi connectivity index (χ4n) is 2.30. The monoisotopic (exact) mass is 298 g/mol. The SMILES string of the molecule is CCNC(=O)CN(CC)CC(=O)N1CCN(C(C)=O)CC1. The first-order chi connectivity index (χ1) is 9.97. The van der Waals surface area contributed by atoms with E-state index in [4.69, 9.17) is 0 Å². The van der Waals surface area contributed by atoms with Crippen molar-refractivity contribution < 1.29 is 14.4 Å². The fourth-order valence-corrected chi connectivity index (χ4v) is 2.30. The molecule has 0 aliphatic carbocycles. The van der Waals surface area contributed by atoms with Crippen LogP contribution < -0.4 is 5.32 Å². The number of carbonyl (C=O) groups is 3. The van der Waals surface area contributed by atoms with Gasteiger partial charge in [-0.2, -0.15) is 0 Å². The molecule has 1 aliphatic heterocycles. The van der Waals surface area contributed by atoms with E-state index in [1.165, 1.54) is 0 Å². The average molecular weight is 298 g/mol. The van der Waals surface area contributed by atoms with Crippen LogP contribution in [0.1, 0.15) is 20.8 Å². The van der Waals surface area contributed by atoms with Gasteiger partial charge in [0.1, 0.15) is 0 Å². The Morgan fingerprint density at radius 3 is 2.05 bits per heavy atom. The first kappa shape index (κ1) is 17.4. The van der Waals surface area contributed by atoms with Gasteiger partial charge in [-0.3, -0.25) is 19.3 Å². The summed E-state index contributed by atoms with van der Waals surface area (Å²) < 4.78 is 0. The molecule has 0 atom stereocenters. The summed E-state index contributed by atoms with van der Waals surface area (Å²) in [6, 6.07) is 0. The molecular weight excluding hydrogens is 272 g/mol. The van der Waals surface area contributed by atoms with Crippen molar-refractivity contribution in [1.29, 1.82) is 0 Å². The summed E-state index contributed by atoms with van der Waals surface area (Å²) >= 11 is 0. The minimum atomic E-state index is -0.0615. The van der Waals surface area contributed by atoms with Crippen LogP contribution in [-0.4, -0.2) is 84.8 Å². The number of hydrogen-bond donors (Lipinski definition) is 1. The molecule has 7 nitrogen and oxygen atoms in total. The van der Waals surface area contributed by atoms with Gasteiger partial charge in [0, 0.05) is 39.6 Å². The van der Waals surface area contributed by atoms with E-state index < -0.39 is 0 Å². The van der Waals surface area contributed by atoms with Gasteiger partial charge in [-0.05, 0) is 13.5 Å². The van der Waals surface area contributed by atoms with Gasteiger partial charge in [0.05, 0.1) is 13.1 Å². The normalized spacial score (nSPS) is 15.2. The molecule has 0 unspecified atom stereocenters. The summed E-state index contributed by atoms with van der Waals surface area (Å²) in [5, 5.41) is 2.73. The van der Waals surface area contributed by atoms with Crippen molar-refractivity contribution in [2.45, 2.75) is 20.8 Å². The van der Waals surface area contributed by atoms with Crippen molar-refractivity contribution in [2.24, 2.45) is 0 Å². The zero-order chi connectivity index (χ0) is 15.8. The lowest BCUT2D eigenvalue weighted by atomic mass is 10.3. The van der Waals surface area contributed by atoms with Crippen LogP contribution in [0.4, 0.5) is 0 Å². The Kier molecular flexibility index (Phi) is 7.14. The van der Waals surface area contributed by atoms with Crippen molar-refractivity contribution in [1.82, 2.24) is 20.0 Å². The number of carbonyl (C=O) groups excluding carboxylic acids is 3. The largest absolute Gasteiger partial charge is 0.355 e. The number of nitrogens with zero attached hydrogens (tertiary/aromatic N) is 3. The average Bonchev–Trinajstić information content (AvgIpc) is 2.46. The van der Waals surface area contributed by atoms with Gasteiger partial charge < -0.3 is 15.1 Å². The molecule has 0 radical (unpaired) electrons. The Hall–Kier alpha value is -1.63. The van der Waals surface area contributed by atoms with E-state index in [-0.39, 0.29) is 30.8 Å². The topological polar surface area (TPSA) is 73.0 Å². The van der Waals surface area contributed by atoms with Crippen LogP contribution in [0.2, 0.25) is 0 Å². The third kappa shape index (κ3) is 5.71. The first-order valence-corrected chi connectivity index (χ1v) is 7.50. The minimum absolute atomic E-state index is 0.0179. The third-order valence-electron chi connectivity index (χ3n) is 3.62. The molecule has 1 aliphatic rings. The Morgan fingerprint density at radius 1 is 1.00 bits per heavy atom. The van der Waals surface area contributed by atoms with E-state index in [1.54, 1.807) is 16.7 Å². The Bertz CT molecular complexity index is 378. The minimum Gasteiger partial charge on any atom is -0.355 e. The van der Waals surface area contributed by atoms with Gasteiger partial charge >= 0.3 is 0 Å². The molecule has 0 saturated carbocycles. The van der Waals surface area contributed by atoms with E-state index in [2.05, 4.69) is 5.32 Å². The molecule has 7 heteroatoms. The van der Waals surface area contributed by atoms with E-state index in [0.29, 0.717) is 39.3 Å². The molecule has 1 rings (SSSR count). The van der Waals surface area contributed by atoms with E-state index in [0.717, 1.165) is 0 Å². The number of piperazine rings is 1. The molecule has 3 amide bonds. The number of amides is 3. The van der Waals surface area contributed by atoms with E-state index in [1.807, 2.05) is 18.7 Å². The Morgan fingerprint density at radius 2 is 1.57 bits per heavy atom. The maximum absolute atomic E-state index is 12.2. The van der Waals surface area contributed by atoms with Gasteiger partial charge in [0.25, 0.3) is 0 Å². The maximum Gasteiger partial charge on any atom is 0.236 e. The molecule has 1 heterocycles. The van der Waals surface area contributed by atoms with Crippen molar-refractivity contribution in [2.75, 3.05) is 52.4 Å². The molecule has 0 aromatic heterocycles. The lowest BCUT2D eigenvalue weighted by Gasteiger charge is -2.35. The summed E-state index contributed by atoms with van der Waals surface area (Å²) in [4.78, 5) is 40.4. The first-order valence-electron chi connectivity index (χ1n) is 7.50. The van der Waals surface area contributed by atoms with E-state index in [9.17, 15) is 14.4 Å². The number of rotatable bonds is 6. The second-order valence-electron chi connectivity index (χ2n) is 5.14. The number of hydrogen-bond acceptors (Lipinski definition) is 4. The van der Waals surface area contributed by atoms with Gasteiger partial charge in [-0.15, -0.1) is 0 Å². The lowest BCUT2D eigenvalue weighted by molar-refractivity contribution is -0.139. The summed E-state index contributed by atoms with van der Waals surface area (Å²) in [6.07, 6.45) is 0. The number of nitrogens with one attached hydrogen (secondary N) is 1. The van der Waals surface area contributed by atoms with Gasteiger partial charge in [0.2, 0.25) is 17.7 Å². The summed E-state index contributed by atoms with van der Waals surface area (Å²) in [5.74, 6) is 0.00594. The fraction of sp³-hybridized carbons (Fsp3) is 0.786. The Labute approximate surface area is 126 Å². The zero-order valence-electron chi connectivity index (χ0n) is 13.2. The van der Waals surface area contributed by atoms with Crippen LogP contribution in [0.5, 0.6) is 0 Å². The maximum atomic E-state index is 12.2. The van der Waals surface area contributed by atoms with Crippen molar-refractivity contribution in [3.05, 3.63) is 0 Å². The predicted molar refractivity (Wildman–Crippen MR) is 79.6 cm³/mol. The quantitative estimate of drug-likeness (QED) is 0.692. The van der Waals surface area contributed by atoms with Crippen molar-refractivity contribution >= 4 is 17.7 Å². The highest BCUT2D eigenvalue weighted by molar-refractivity contribution is 5.81. The molecule has 0 bridgehead atoms. The predicted octanol–water partition coefficient (Wildman–Crippen LogP) is -0.865.